The fourth-order valence-electron chi connectivity index (χ4n) is 1.86. The van der Waals surface area contributed by atoms with Crippen LogP contribution in [-0.4, -0.2) is 35.0 Å². The molecule has 1 aromatic rings. The Morgan fingerprint density at radius 3 is 2.40 bits per heavy atom. The molecule has 0 heterocycles. The lowest BCUT2D eigenvalue weighted by Gasteiger charge is -2.21. The molecule has 0 amide bonds. The first-order chi connectivity index (χ1) is 9.31. The van der Waals surface area contributed by atoms with E-state index in [2.05, 4.69) is 5.32 Å². The summed E-state index contributed by atoms with van der Waals surface area (Å²) in [7, 11) is 1.68. The van der Waals surface area contributed by atoms with Crippen LogP contribution in [0, 0.1) is 0 Å². The standard InChI is InChI=1S/C13H18F3NO3/c1-17-5-4-11(19)12(20)10-3-2-9(13(14,15)16)6-8(10)7-18/h2-3,6,11-12,17-20H,4-5,7H2,1H3. The van der Waals surface area contributed by atoms with Crippen LogP contribution in [0.5, 0.6) is 0 Å². The number of halogens is 3. The maximum absolute atomic E-state index is 12.6. The predicted molar refractivity (Wildman–Crippen MR) is 66.9 cm³/mol. The monoisotopic (exact) mass is 293 g/mol. The van der Waals surface area contributed by atoms with Gasteiger partial charge in [-0.2, -0.15) is 13.2 Å². The lowest BCUT2D eigenvalue weighted by Crippen LogP contribution is -2.24. The number of aliphatic hydroxyl groups excluding tert-OH is 3. The highest BCUT2D eigenvalue weighted by Gasteiger charge is 2.32. The highest BCUT2D eigenvalue weighted by atomic mass is 19.4. The third-order valence-electron chi connectivity index (χ3n) is 3.01. The first kappa shape index (κ1) is 16.9. The van der Waals surface area contributed by atoms with Crippen molar-refractivity contribution < 1.29 is 28.5 Å². The molecule has 2 unspecified atom stereocenters. The molecule has 0 spiro atoms. The summed E-state index contributed by atoms with van der Waals surface area (Å²) in [6, 6.07) is 2.69. The summed E-state index contributed by atoms with van der Waals surface area (Å²) in [5.74, 6) is 0. The Kier molecular flexibility index (Phi) is 5.94. The minimum Gasteiger partial charge on any atom is -0.392 e. The van der Waals surface area contributed by atoms with E-state index in [-0.39, 0.29) is 17.5 Å². The van der Waals surface area contributed by atoms with Crippen molar-refractivity contribution in [3.8, 4) is 0 Å². The van der Waals surface area contributed by atoms with Crippen LogP contribution in [0.2, 0.25) is 0 Å². The normalized spacial score (nSPS) is 15.2. The summed E-state index contributed by atoms with van der Waals surface area (Å²) < 4.78 is 37.7. The highest BCUT2D eigenvalue weighted by molar-refractivity contribution is 5.35. The van der Waals surface area contributed by atoms with Crippen molar-refractivity contribution in [3.05, 3.63) is 34.9 Å². The molecule has 0 saturated heterocycles. The zero-order chi connectivity index (χ0) is 15.3. The lowest BCUT2D eigenvalue weighted by molar-refractivity contribution is -0.137. The molecule has 0 bridgehead atoms. The van der Waals surface area contributed by atoms with Gasteiger partial charge in [-0.15, -0.1) is 0 Å². The van der Waals surface area contributed by atoms with E-state index in [9.17, 15) is 23.4 Å². The van der Waals surface area contributed by atoms with Gasteiger partial charge in [0.05, 0.1) is 18.3 Å². The molecule has 4 N–H and O–H groups in total. The zero-order valence-electron chi connectivity index (χ0n) is 11.0. The second-order valence-electron chi connectivity index (χ2n) is 4.47. The molecule has 0 aliphatic heterocycles. The van der Waals surface area contributed by atoms with Crippen LogP contribution in [0.25, 0.3) is 0 Å². The number of aliphatic hydroxyl groups is 3. The average Bonchev–Trinajstić information content (AvgIpc) is 2.42. The molecular weight excluding hydrogens is 275 g/mol. The van der Waals surface area contributed by atoms with Crippen molar-refractivity contribution in [2.75, 3.05) is 13.6 Å². The van der Waals surface area contributed by atoms with Crippen LogP contribution in [0.1, 0.15) is 29.2 Å². The Bertz CT molecular complexity index is 437. The van der Waals surface area contributed by atoms with E-state index in [1.165, 1.54) is 0 Å². The van der Waals surface area contributed by atoms with Crippen molar-refractivity contribution in [2.45, 2.75) is 31.4 Å². The van der Waals surface area contributed by atoms with E-state index in [0.717, 1.165) is 18.2 Å². The van der Waals surface area contributed by atoms with E-state index in [1.54, 1.807) is 7.05 Å². The van der Waals surface area contributed by atoms with Gasteiger partial charge in [-0.05, 0) is 43.3 Å². The molecular formula is C13H18F3NO3. The van der Waals surface area contributed by atoms with Crippen LogP contribution >= 0.6 is 0 Å². The van der Waals surface area contributed by atoms with Crippen molar-refractivity contribution in [3.63, 3.8) is 0 Å². The lowest BCUT2D eigenvalue weighted by atomic mass is 9.95. The quantitative estimate of drug-likeness (QED) is 0.636. The van der Waals surface area contributed by atoms with E-state index in [0.29, 0.717) is 6.54 Å². The third-order valence-corrected chi connectivity index (χ3v) is 3.01. The molecule has 2 atom stereocenters. The van der Waals surface area contributed by atoms with Gasteiger partial charge in [0.2, 0.25) is 0 Å². The smallest absolute Gasteiger partial charge is 0.392 e. The topological polar surface area (TPSA) is 72.7 Å². The second-order valence-corrected chi connectivity index (χ2v) is 4.47. The summed E-state index contributed by atoms with van der Waals surface area (Å²) >= 11 is 0. The molecule has 0 aliphatic carbocycles. The minimum absolute atomic E-state index is 0.0455. The number of nitrogens with one attached hydrogen (secondary N) is 1. The summed E-state index contributed by atoms with van der Waals surface area (Å²) in [5, 5.41) is 31.6. The fraction of sp³-hybridized carbons (Fsp3) is 0.538. The number of benzene rings is 1. The van der Waals surface area contributed by atoms with Crippen LogP contribution in [0.4, 0.5) is 13.2 Å². The largest absolute Gasteiger partial charge is 0.416 e. The van der Waals surface area contributed by atoms with E-state index < -0.39 is 30.6 Å². The Morgan fingerprint density at radius 2 is 1.90 bits per heavy atom. The zero-order valence-corrected chi connectivity index (χ0v) is 11.0. The maximum atomic E-state index is 12.6. The van der Waals surface area contributed by atoms with Gasteiger partial charge in [-0.3, -0.25) is 0 Å². The van der Waals surface area contributed by atoms with E-state index in [4.69, 9.17) is 5.11 Å². The Labute approximate surface area is 114 Å². The maximum Gasteiger partial charge on any atom is 0.416 e. The fourth-order valence-corrected chi connectivity index (χ4v) is 1.86. The molecule has 114 valence electrons. The second kappa shape index (κ2) is 7.03. The molecule has 0 aromatic heterocycles. The van der Waals surface area contributed by atoms with Crippen LogP contribution in [-0.2, 0) is 12.8 Å². The third kappa shape index (κ3) is 4.17. The SMILES string of the molecule is CNCCC(O)C(O)c1ccc(C(F)(F)F)cc1CO. The highest BCUT2D eigenvalue weighted by Crippen LogP contribution is 2.32. The molecule has 7 heteroatoms. The van der Waals surface area contributed by atoms with Crippen molar-refractivity contribution in [2.24, 2.45) is 0 Å². The van der Waals surface area contributed by atoms with Gasteiger partial charge in [0.15, 0.2) is 0 Å². The Morgan fingerprint density at radius 1 is 1.25 bits per heavy atom. The van der Waals surface area contributed by atoms with Gasteiger partial charge in [0, 0.05) is 0 Å². The van der Waals surface area contributed by atoms with Crippen molar-refractivity contribution >= 4 is 0 Å². The number of rotatable bonds is 6. The average molecular weight is 293 g/mol. The van der Waals surface area contributed by atoms with Gasteiger partial charge in [-0.1, -0.05) is 6.07 Å². The number of alkyl halides is 3. The summed E-state index contributed by atoms with van der Waals surface area (Å²) in [4.78, 5) is 0. The summed E-state index contributed by atoms with van der Waals surface area (Å²) in [5.41, 5.74) is -0.845. The van der Waals surface area contributed by atoms with Gasteiger partial charge in [0.25, 0.3) is 0 Å². The van der Waals surface area contributed by atoms with Crippen molar-refractivity contribution in [1.82, 2.24) is 5.32 Å². The van der Waals surface area contributed by atoms with Gasteiger partial charge < -0.3 is 20.6 Å². The first-order valence-electron chi connectivity index (χ1n) is 6.12. The Hall–Kier alpha value is -1.15. The molecule has 0 fully saturated rings. The molecule has 4 nitrogen and oxygen atoms in total. The van der Waals surface area contributed by atoms with E-state index >= 15 is 0 Å². The summed E-state index contributed by atoms with van der Waals surface area (Å²) in [6.07, 6.45) is -6.74. The summed E-state index contributed by atoms with van der Waals surface area (Å²) in [6.45, 7) is -0.192. The molecule has 0 saturated carbocycles. The van der Waals surface area contributed by atoms with E-state index in [1.807, 2.05) is 0 Å². The molecule has 0 radical (unpaired) electrons. The predicted octanol–water partition coefficient (Wildman–Crippen LogP) is 1.20. The van der Waals surface area contributed by atoms with Crippen LogP contribution in [0.3, 0.4) is 0 Å². The van der Waals surface area contributed by atoms with Crippen LogP contribution < -0.4 is 5.32 Å². The molecule has 20 heavy (non-hydrogen) atoms. The van der Waals surface area contributed by atoms with Gasteiger partial charge >= 0.3 is 6.18 Å². The molecule has 0 aliphatic rings. The van der Waals surface area contributed by atoms with Crippen molar-refractivity contribution in [1.29, 1.82) is 0 Å². The minimum atomic E-state index is -4.52. The van der Waals surface area contributed by atoms with Gasteiger partial charge in [0.1, 0.15) is 6.10 Å². The Balaban J connectivity index is 3.00. The van der Waals surface area contributed by atoms with Gasteiger partial charge in [-0.25, -0.2) is 0 Å². The number of hydrogen-bond donors (Lipinski definition) is 4. The molecule has 1 aromatic carbocycles. The number of hydrogen-bond acceptors (Lipinski definition) is 4. The van der Waals surface area contributed by atoms with Crippen LogP contribution in [0.15, 0.2) is 18.2 Å². The molecule has 1 rings (SSSR count). The first-order valence-corrected chi connectivity index (χ1v) is 6.12.